The highest BCUT2D eigenvalue weighted by Crippen LogP contribution is 2.41. The molecule has 0 unspecified atom stereocenters. The monoisotopic (exact) mass is 376 g/mol. The van der Waals surface area contributed by atoms with E-state index >= 15 is 0 Å². The van der Waals surface area contributed by atoms with Crippen LogP contribution in [0.15, 0.2) is 18.2 Å². The van der Waals surface area contributed by atoms with Gasteiger partial charge >= 0.3 is 6.11 Å². The van der Waals surface area contributed by atoms with E-state index in [1.54, 1.807) is 0 Å². The van der Waals surface area contributed by atoms with Crippen molar-refractivity contribution in [3.05, 3.63) is 29.8 Å². The summed E-state index contributed by atoms with van der Waals surface area (Å²) >= 11 is 0. The van der Waals surface area contributed by atoms with Crippen molar-refractivity contribution in [3.8, 4) is 5.75 Å². The molecule has 1 saturated carbocycles. The van der Waals surface area contributed by atoms with Crippen molar-refractivity contribution in [1.82, 2.24) is 0 Å². The second kappa shape index (κ2) is 11.5. The van der Waals surface area contributed by atoms with Crippen LogP contribution in [0.2, 0.25) is 0 Å². The normalized spacial score (nSPS) is 20.3. The molecule has 1 aromatic carbocycles. The minimum atomic E-state index is -3.35. The predicted octanol–water partition coefficient (Wildman–Crippen LogP) is 7.74. The summed E-state index contributed by atoms with van der Waals surface area (Å²) < 4.78 is 59.1. The van der Waals surface area contributed by atoms with Crippen molar-refractivity contribution in [2.45, 2.75) is 84.7 Å². The Bertz CT molecular complexity index is 511. The van der Waals surface area contributed by atoms with Crippen LogP contribution in [-0.2, 0) is 0 Å². The molecule has 0 N–H and O–H groups in total. The molecule has 0 spiro atoms. The van der Waals surface area contributed by atoms with Gasteiger partial charge in [-0.15, -0.1) is 0 Å². The lowest BCUT2D eigenvalue weighted by Crippen LogP contribution is -2.37. The van der Waals surface area contributed by atoms with Crippen LogP contribution in [0.25, 0.3) is 0 Å². The number of benzene rings is 1. The molecule has 1 aliphatic carbocycles. The number of hydrogen-bond donors (Lipinski definition) is 0. The highest BCUT2D eigenvalue weighted by atomic mass is 19.3. The summed E-state index contributed by atoms with van der Waals surface area (Å²) in [7, 11) is 0. The third-order valence-electron chi connectivity index (χ3n) is 4.68. The molecule has 0 heterocycles. The summed E-state index contributed by atoms with van der Waals surface area (Å²) in [6.45, 7) is 6.40. The first kappa shape index (κ1) is 22.8. The highest BCUT2D eigenvalue weighted by molar-refractivity contribution is 5.24. The molecule has 0 bridgehead atoms. The van der Waals surface area contributed by atoms with Gasteiger partial charge in [0.15, 0.2) is 11.6 Å². The first-order valence-electron chi connectivity index (χ1n) is 9.85. The summed E-state index contributed by atoms with van der Waals surface area (Å²) in [6.07, 6.45) is 4.91. The molecule has 0 atom stereocenters. The Hall–Kier alpha value is -1.26. The van der Waals surface area contributed by atoms with Gasteiger partial charge in [0.25, 0.3) is 0 Å². The number of alkyl halides is 2. The minimum absolute atomic E-state index is 0.334. The zero-order chi connectivity index (χ0) is 19.6. The molecule has 0 radical (unpaired) electrons. The molecule has 1 aliphatic rings. The van der Waals surface area contributed by atoms with E-state index in [4.69, 9.17) is 0 Å². The third kappa shape index (κ3) is 7.55. The molecule has 0 aliphatic heterocycles. The summed E-state index contributed by atoms with van der Waals surface area (Å²) in [5, 5.41) is 0. The van der Waals surface area contributed by atoms with Gasteiger partial charge in [0, 0.05) is 6.07 Å². The fraction of sp³-hybridized carbons (Fsp3) is 0.714. The predicted molar refractivity (Wildman–Crippen MR) is 97.5 cm³/mol. The minimum Gasteiger partial charge on any atom is -0.432 e. The zero-order valence-corrected chi connectivity index (χ0v) is 16.2. The van der Waals surface area contributed by atoms with Crippen molar-refractivity contribution in [3.63, 3.8) is 0 Å². The van der Waals surface area contributed by atoms with E-state index in [-0.39, 0.29) is 5.75 Å². The van der Waals surface area contributed by atoms with Crippen LogP contribution in [0.1, 0.15) is 78.6 Å². The molecule has 2 rings (SSSR count). The first-order chi connectivity index (χ1) is 12.3. The molecule has 26 heavy (non-hydrogen) atoms. The van der Waals surface area contributed by atoms with Crippen molar-refractivity contribution < 1.29 is 22.3 Å². The molecular formula is C21H32F4O. The summed E-state index contributed by atoms with van der Waals surface area (Å²) in [6, 6.07) is 2.49. The lowest BCUT2D eigenvalue weighted by Gasteiger charge is -2.33. The number of rotatable bonds is 7. The Morgan fingerprint density at radius 1 is 0.962 bits per heavy atom. The zero-order valence-electron chi connectivity index (χ0n) is 16.2. The summed E-state index contributed by atoms with van der Waals surface area (Å²) in [4.78, 5) is 0. The fourth-order valence-corrected chi connectivity index (χ4v) is 3.25. The van der Waals surface area contributed by atoms with Gasteiger partial charge in [0.05, 0.1) is 5.92 Å². The topological polar surface area (TPSA) is 9.23 Å². The first-order valence-corrected chi connectivity index (χ1v) is 9.85. The van der Waals surface area contributed by atoms with E-state index in [9.17, 15) is 17.6 Å². The number of ether oxygens (including phenoxy) is 1. The number of unbranched alkanes of at least 4 members (excludes halogenated alkanes) is 2. The van der Waals surface area contributed by atoms with Crippen LogP contribution in [-0.4, -0.2) is 6.11 Å². The van der Waals surface area contributed by atoms with E-state index < -0.39 is 23.7 Å². The lowest BCUT2D eigenvalue weighted by molar-refractivity contribution is -0.223. The standard InChI is InChI=1S/C18H24F4O.C3H8/c1-2-3-4-5-13-6-8-14(9-7-13)18(21,22)23-15-10-11-16(19)17(20)12-15;1-3-2/h10-14H,2-9H2,1H3;3H2,1-2H3. The largest absolute Gasteiger partial charge is 0.432 e. The van der Waals surface area contributed by atoms with Crippen LogP contribution in [0.3, 0.4) is 0 Å². The Morgan fingerprint density at radius 2 is 1.58 bits per heavy atom. The molecule has 0 amide bonds. The fourth-order valence-electron chi connectivity index (χ4n) is 3.25. The van der Waals surface area contributed by atoms with Crippen molar-refractivity contribution in [1.29, 1.82) is 0 Å². The van der Waals surface area contributed by atoms with Gasteiger partial charge in [-0.2, -0.15) is 8.78 Å². The van der Waals surface area contributed by atoms with E-state index in [1.165, 1.54) is 12.8 Å². The summed E-state index contributed by atoms with van der Waals surface area (Å²) in [5.41, 5.74) is 0. The molecular weight excluding hydrogens is 344 g/mol. The quantitative estimate of drug-likeness (QED) is 0.349. The van der Waals surface area contributed by atoms with Crippen LogP contribution < -0.4 is 4.74 Å². The Labute approximate surface area is 155 Å². The van der Waals surface area contributed by atoms with Crippen molar-refractivity contribution in [2.75, 3.05) is 0 Å². The van der Waals surface area contributed by atoms with Gasteiger partial charge in [-0.05, 0) is 43.7 Å². The van der Waals surface area contributed by atoms with Gasteiger partial charge < -0.3 is 4.74 Å². The van der Waals surface area contributed by atoms with Gasteiger partial charge in [-0.3, -0.25) is 0 Å². The van der Waals surface area contributed by atoms with E-state index in [1.807, 2.05) is 0 Å². The smallest absolute Gasteiger partial charge is 0.400 e. The van der Waals surface area contributed by atoms with Gasteiger partial charge in [0.1, 0.15) is 5.75 Å². The highest BCUT2D eigenvalue weighted by Gasteiger charge is 2.43. The maximum absolute atomic E-state index is 14.2. The van der Waals surface area contributed by atoms with Crippen molar-refractivity contribution in [2.24, 2.45) is 11.8 Å². The van der Waals surface area contributed by atoms with E-state index in [0.717, 1.165) is 44.2 Å². The van der Waals surface area contributed by atoms with E-state index in [0.29, 0.717) is 24.8 Å². The van der Waals surface area contributed by atoms with Crippen LogP contribution in [0.5, 0.6) is 5.75 Å². The third-order valence-corrected chi connectivity index (χ3v) is 4.68. The van der Waals surface area contributed by atoms with Crippen LogP contribution in [0.4, 0.5) is 17.6 Å². The van der Waals surface area contributed by atoms with Crippen LogP contribution in [0, 0.1) is 23.5 Å². The summed E-state index contributed by atoms with van der Waals surface area (Å²) in [5.74, 6) is -2.93. The average Bonchev–Trinajstić information content (AvgIpc) is 2.59. The Balaban J connectivity index is 0.00000105. The maximum Gasteiger partial charge on any atom is 0.400 e. The maximum atomic E-state index is 14.2. The Kier molecular flexibility index (Phi) is 10.0. The van der Waals surface area contributed by atoms with E-state index in [2.05, 4.69) is 25.5 Å². The molecule has 150 valence electrons. The molecule has 1 nitrogen and oxygen atoms in total. The van der Waals surface area contributed by atoms with Gasteiger partial charge in [0.2, 0.25) is 0 Å². The number of hydrogen-bond acceptors (Lipinski definition) is 1. The van der Waals surface area contributed by atoms with Gasteiger partial charge in [-0.25, -0.2) is 8.78 Å². The lowest BCUT2D eigenvalue weighted by atomic mass is 9.79. The molecule has 0 aromatic heterocycles. The second-order valence-electron chi connectivity index (χ2n) is 7.16. The second-order valence-corrected chi connectivity index (χ2v) is 7.16. The average molecular weight is 376 g/mol. The van der Waals surface area contributed by atoms with Gasteiger partial charge in [-0.1, -0.05) is 52.9 Å². The molecule has 5 heteroatoms. The SMILES string of the molecule is CCC.CCCCCC1CCC(C(F)(F)Oc2ccc(F)c(F)c2)CC1. The molecule has 1 fully saturated rings. The molecule has 0 saturated heterocycles. The number of halogens is 4. The Morgan fingerprint density at radius 3 is 2.12 bits per heavy atom. The van der Waals surface area contributed by atoms with Crippen LogP contribution >= 0.6 is 0 Å². The van der Waals surface area contributed by atoms with Crippen molar-refractivity contribution >= 4 is 0 Å². The molecule has 1 aromatic rings.